The Morgan fingerprint density at radius 1 is 1.06 bits per heavy atom. The molecule has 0 aliphatic rings. The lowest BCUT2D eigenvalue weighted by Crippen LogP contribution is -2.40. The van der Waals surface area contributed by atoms with Crippen molar-refractivity contribution in [3.05, 3.63) is 88.7 Å². The Kier molecular flexibility index (Phi) is 7.37. The summed E-state index contributed by atoms with van der Waals surface area (Å²) in [5.41, 5.74) is 1.80. The van der Waals surface area contributed by atoms with Gasteiger partial charge in [0.1, 0.15) is 18.1 Å². The van der Waals surface area contributed by atoms with E-state index in [-0.39, 0.29) is 28.0 Å². The standard InChI is InChI=1S/C23H22ClFN2O4S/c1-16-3-10-20(11-4-16)32(29,30)27(19-9-12-22(31-2)21(24)13-19)15-23(28)26-14-17-5-7-18(25)8-6-17/h3-13H,14-15H2,1-2H3,(H,26,28). The van der Waals surface area contributed by atoms with E-state index < -0.39 is 22.5 Å². The van der Waals surface area contributed by atoms with E-state index >= 15 is 0 Å². The quantitative estimate of drug-likeness (QED) is 0.525. The predicted molar refractivity (Wildman–Crippen MR) is 122 cm³/mol. The van der Waals surface area contributed by atoms with Gasteiger partial charge in [-0.2, -0.15) is 0 Å². The molecule has 0 atom stereocenters. The van der Waals surface area contributed by atoms with Crippen molar-refractivity contribution in [1.29, 1.82) is 0 Å². The van der Waals surface area contributed by atoms with E-state index in [4.69, 9.17) is 16.3 Å². The molecule has 0 saturated heterocycles. The molecule has 3 aromatic carbocycles. The van der Waals surface area contributed by atoms with Gasteiger partial charge in [-0.05, 0) is 55.0 Å². The largest absolute Gasteiger partial charge is 0.495 e. The maximum atomic E-state index is 13.4. The van der Waals surface area contributed by atoms with Crippen molar-refractivity contribution in [3.8, 4) is 5.75 Å². The zero-order valence-electron chi connectivity index (χ0n) is 17.5. The van der Waals surface area contributed by atoms with E-state index in [0.717, 1.165) is 9.87 Å². The van der Waals surface area contributed by atoms with Gasteiger partial charge in [0.05, 0.1) is 22.7 Å². The fraction of sp³-hybridized carbons (Fsp3) is 0.174. The van der Waals surface area contributed by atoms with Crippen molar-refractivity contribution >= 4 is 33.2 Å². The van der Waals surface area contributed by atoms with Crippen LogP contribution in [0.3, 0.4) is 0 Å². The average molecular weight is 477 g/mol. The molecule has 0 aromatic heterocycles. The molecule has 1 N–H and O–H groups in total. The maximum absolute atomic E-state index is 13.4. The van der Waals surface area contributed by atoms with Crippen LogP contribution in [0.2, 0.25) is 5.02 Å². The van der Waals surface area contributed by atoms with Gasteiger partial charge in [-0.15, -0.1) is 0 Å². The van der Waals surface area contributed by atoms with Crippen LogP contribution in [0.25, 0.3) is 0 Å². The Balaban J connectivity index is 1.89. The highest BCUT2D eigenvalue weighted by Crippen LogP contribution is 2.32. The Hall–Kier alpha value is -3.10. The minimum absolute atomic E-state index is 0.0429. The lowest BCUT2D eigenvalue weighted by Gasteiger charge is -2.24. The second kappa shape index (κ2) is 10.0. The second-order valence-corrected chi connectivity index (χ2v) is 9.32. The van der Waals surface area contributed by atoms with Crippen LogP contribution in [0.5, 0.6) is 5.75 Å². The normalized spacial score (nSPS) is 11.1. The van der Waals surface area contributed by atoms with Crippen LogP contribution in [0.4, 0.5) is 10.1 Å². The number of hydrogen-bond donors (Lipinski definition) is 1. The number of methoxy groups -OCH3 is 1. The summed E-state index contributed by atoms with van der Waals surface area (Å²) in [4.78, 5) is 12.7. The molecule has 6 nitrogen and oxygen atoms in total. The molecule has 0 bridgehead atoms. The highest BCUT2D eigenvalue weighted by atomic mass is 35.5. The SMILES string of the molecule is COc1ccc(N(CC(=O)NCc2ccc(F)cc2)S(=O)(=O)c2ccc(C)cc2)cc1Cl. The third-order valence-corrected chi connectivity index (χ3v) is 6.81. The van der Waals surface area contributed by atoms with E-state index in [0.29, 0.717) is 11.3 Å². The second-order valence-electron chi connectivity index (χ2n) is 7.05. The summed E-state index contributed by atoms with van der Waals surface area (Å²) in [6, 6.07) is 16.5. The van der Waals surface area contributed by atoms with Gasteiger partial charge in [0.25, 0.3) is 10.0 Å². The summed E-state index contributed by atoms with van der Waals surface area (Å²) in [7, 11) is -2.62. The summed E-state index contributed by atoms with van der Waals surface area (Å²) in [5.74, 6) is -0.535. The van der Waals surface area contributed by atoms with E-state index in [1.807, 2.05) is 6.92 Å². The van der Waals surface area contributed by atoms with Crippen molar-refractivity contribution in [1.82, 2.24) is 5.32 Å². The van der Waals surface area contributed by atoms with E-state index in [9.17, 15) is 17.6 Å². The third-order valence-electron chi connectivity index (χ3n) is 4.72. The monoisotopic (exact) mass is 476 g/mol. The van der Waals surface area contributed by atoms with Crippen LogP contribution >= 0.6 is 11.6 Å². The number of amides is 1. The number of anilines is 1. The minimum atomic E-state index is -4.07. The van der Waals surface area contributed by atoms with Gasteiger partial charge in [0, 0.05) is 6.54 Å². The first-order valence-corrected chi connectivity index (χ1v) is 11.5. The van der Waals surface area contributed by atoms with Crippen molar-refractivity contribution in [2.45, 2.75) is 18.4 Å². The summed E-state index contributed by atoms with van der Waals surface area (Å²) in [6.45, 7) is 1.50. The maximum Gasteiger partial charge on any atom is 0.264 e. The molecule has 32 heavy (non-hydrogen) atoms. The number of nitrogens with zero attached hydrogens (tertiary/aromatic N) is 1. The van der Waals surface area contributed by atoms with Crippen LogP contribution in [0, 0.1) is 12.7 Å². The number of nitrogens with one attached hydrogen (secondary N) is 1. The number of carbonyl (C=O) groups excluding carboxylic acids is 1. The molecule has 0 fully saturated rings. The topological polar surface area (TPSA) is 75.7 Å². The van der Waals surface area contributed by atoms with Crippen molar-refractivity contribution in [3.63, 3.8) is 0 Å². The molecule has 3 rings (SSSR count). The van der Waals surface area contributed by atoms with Crippen LogP contribution in [-0.4, -0.2) is 28.0 Å². The Labute approximate surface area is 191 Å². The van der Waals surface area contributed by atoms with Gasteiger partial charge in [-0.3, -0.25) is 9.10 Å². The lowest BCUT2D eigenvalue weighted by molar-refractivity contribution is -0.119. The first kappa shape index (κ1) is 23.6. The Morgan fingerprint density at radius 3 is 2.31 bits per heavy atom. The Morgan fingerprint density at radius 2 is 1.72 bits per heavy atom. The number of halogens is 2. The molecule has 3 aromatic rings. The molecule has 1 amide bonds. The van der Waals surface area contributed by atoms with Gasteiger partial charge in [-0.25, -0.2) is 12.8 Å². The molecule has 0 radical (unpaired) electrons. The number of benzene rings is 3. The van der Waals surface area contributed by atoms with Gasteiger partial charge in [-0.1, -0.05) is 41.4 Å². The summed E-state index contributed by atoms with van der Waals surface area (Å²) in [6.07, 6.45) is 0. The van der Waals surface area contributed by atoms with Crippen molar-refractivity contribution < 1.29 is 22.3 Å². The van der Waals surface area contributed by atoms with Crippen LogP contribution in [-0.2, 0) is 21.4 Å². The number of ether oxygens (including phenoxy) is 1. The molecule has 0 aliphatic heterocycles. The zero-order valence-corrected chi connectivity index (χ0v) is 19.1. The molecular weight excluding hydrogens is 455 g/mol. The fourth-order valence-corrected chi connectivity index (χ4v) is 4.62. The number of hydrogen-bond acceptors (Lipinski definition) is 4. The van der Waals surface area contributed by atoms with Crippen LogP contribution in [0.15, 0.2) is 71.6 Å². The highest BCUT2D eigenvalue weighted by molar-refractivity contribution is 7.92. The van der Waals surface area contributed by atoms with Gasteiger partial charge in [0.2, 0.25) is 5.91 Å². The summed E-state index contributed by atoms with van der Waals surface area (Å²) in [5, 5.41) is 2.87. The van der Waals surface area contributed by atoms with Crippen molar-refractivity contribution in [2.75, 3.05) is 18.0 Å². The fourth-order valence-electron chi connectivity index (χ4n) is 2.95. The van der Waals surface area contributed by atoms with Crippen LogP contribution < -0.4 is 14.4 Å². The molecule has 168 valence electrons. The van der Waals surface area contributed by atoms with Gasteiger partial charge < -0.3 is 10.1 Å². The average Bonchev–Trinajstić information content (AvgIpc) is 2.77. The third kappa shape index (κ3) is 5.57. The zero-order chi connectivity index (χ0) is 23.3. The molecule has 0 aliphatic carbocycles. The van der Waals surface area contributed by atoms with Gasteiger partial charge in [0.15, 0.2) is 0 Å². The van der Waals surface area contributed by atoms with E-state index in [1.54, 1.807) is 24.3 Å². The number of rotatable bonds is 8. The van der Waals surface area contributed by atoms with E-state index in [2.05, 4.69) is 5.32 Å². The number of aryl methyl sites for hydroxylation is 1. The molecule has 0 saturated carbocycles. The molecular formula is C23H22ClFN2O4S. The van der Waals surface area contributed by atoms with E-state index in [1.165, 1.54) is 49.6 Å². The smallest absolute Gasteiger partial charge is 0.264 e. The number of sulfonamides is 1. The molecule has 0 unspecified atom stereocenters. The van der Waals surface area contributed by atoms with Crippen molar-refractivity contribution in [2.24, 2.45) is 0 Å². The minimum Gasteiger partial charge on any atom is -0.495 e. The molecule has 0 spiro atoms. The first-order chi connectivity index (χ1) is 15.2. The summed E-state index contributed by atoms with van der Waals surface area (Å²) >= 11 is 6.20. The highest BCUT2D eigenvalue weighted by Gasteiger charge is 2.27. The number of carbonyl (C=O) groups is 1. The predicted octanol–water partition coefficient (Wildman–Crippen LogP) is 4.31. The first-order valence-electron chi connectivity index (χ1n) is 9.65. The molecule has 9 heteroatoms. The van der Waals surface area contributed by atoms with Crippen LogP contribution in [0.1, 0.15) is 11.1 Å². The molecule has 0 heterocycles. The summed E-state index contributed by atoms with van der Waals surface area (Å²) < 4.78 is 46.0. The van der Waals surface area contributed by atoms with Gasteiger partial charge >= 0.3 is 0 Å². The Bertz CT molecular complexity index is 1200. The lowest BCUT2D eigenvalue weighted by atomic mass is 10.2.